The average molecular weight is 264 g/mol. The van der Waals surface area contributed by atoms with Crippen molar-refractivity contribution in [3.8, 4) is 0 Å². The monoisotopic (exact) mass is 264 g/mol. The van der Waals surface area contributed by atoms with Gasteiger partial charge >= 0.3 is 0 Å². The molecule has 0 aliphatic heterocycles. The summed E-state index contributed by atoms with van der Waals surface area (Å²) in [6, 6.07) is 0. The Balaban J connectivity index is 1.82. The van der Waals surface area contributed by atoms with Crippen LogP contribution in [0, 0.1) is 11.8 Å². The molecule has 0 saturated heterocycles. The molecule has 0 amide bonds. The van der Waals surface area contributed by atoms with E-state index in [1.54, 1.807) is 0 Å². The molecule has 1 aliphatic rings. The smallest absolute Gasteiger partial charge is 0.265 e. The summed E-state index contributed by atoms with van der Waals surface area (Å²) in [6.45, 7) is 6.18. The van der Waals surface area contributed by atoms with Crippen molar-refractivity contribution < 1.29 is 4.52 Å². The summed E-state index contributed by atoms with van der Waals surface area (Å²) in [5, 5.41) is 7.33. The summed E-state index contributed by atoms with van der Waals surface area (Å²) in [5.74, 6) is 2.65. The second-order valence-corrected chi connectivity index (χ2v) is 5.62. The van der Waals surface area contributed by atoms with Crippen molar-refractivity contribution in [1.82, 2.24) is 15.5 Å². The number of nitrogens with one attached hydrogen (secondary N) is 1. The van der Waals surface area contributed by atoms with Crippen LogP contribution in [0.3, 0.4) is 0 Å². The molecule has 1 N–H and O–H groups in total. The van der Waals surface area contributed by atoms with Crippen molar-refractivity contribution in [2.75, 3.05) is 25.5 Å². The van der Waals surface area contributed by atoms with Crippen molar-refractivity contribution >= 4 is 5.95 Å². The molecule has 106 valence electrons. The van der Waals surface area contributed by atoms with E-state index >= 15 is 0 Å². The third-order valence-corrected chi connectivity index (χ3v) is 3.86. The van der Waals surface area contributed by atoms with Crippen LogP contribution in [0.25, 0.3) is 0 Å². The van der Waals surface area contributed by atoms with Crippen molar-refractivity contribution in [2.45, 2.75) is 33.2 Å². The lowest BCUT2D eigenvalue weighted by molar-refractivity contribution is 0.329. The minimum atomic E-state index is 0.624. The summed E-state index contributed by atoms with van der Waals surface area (Å²) in [4.78, 5) is 6.14. The molecule has 0 spiro atoms. The van der Waals surface area contributed by atoms with Gasteiger partial charge in [0.05, 0.1) is 6.54 Å². The largest absolute Gasteiger partial charge is 0.344 e. The van der Waals surface area contributed by atoms with E-state index in [2.05, 4.69) is 35.4 Å². The SMILES string of the molecule is CC1=CCC[C@@H](C)[C@@H]1CNCc1nc(N(C)C)no1. The van der Waals surface area contributed by atoms with Gasteiger partial charge in [-0.1, -0.05) is 18.6 Å². The highest BCUT2D eigenvalue weighted by Crippen LogP contribution is 2.29. The summed E-state index contributed by atoms with van der Waals surface area (Å²) >= 11 is 0. The van der Waals surface area contributed by atoms with Crippen LogP contribution in [0.1, 0.15) is 32.6 Å². The van der Waals surface area contributed by atoms with Gasteiger partial charge in [-0.2, -0.15) is 4.98 Å². The Morgan fingerprint density at radius 1 is 1.47 bits per heavy atom. The minimum absolute atomic E-state index is 0.624. The lowest BCUT2D eigenvalue weighted by Gasteiger charge is -2.28. The second-order valence-electron chi connectivity index (χ2n) is 5.62. The minimum Gasteiger partial charge on any atom is -0.344 e. The zero-order valence-electron chi connectivity index (χ0n) is 12.3. The Hall–Kier alpha value is -1.36. The van der Waals surface area contributed by atoms with Gasteiger partial charge in [-0.15, -0.1) is 0 Å². The van der Waals surface area contributed by atoms with Gasteiger partial charge in [0.15, 0.2) is 0 Å². The number of allylic oxidation sites excluding steroid dienone is 1. The fraction of sp³-hybridized carbons (Fsp3) is 0.714. The maximum atomic E-state index is 5.19. The molecular formula is C14H24N4O. The molecule has 0 aromatic carbocycles. The third-order valence-electron chi connectivity index (χ3n) is 3.86. The predicted octanol–water partition coefficient (Wildman–Crippen LogP) is 2.22. The molecule has 0 fully saturated rings. The van der Waals surface area contributed by atoms with Crippen molar-refractivity contribution in [1.29, 1.82) is 0 Å². The summed E-state index contributed by atoms with van der Waals surface area (Å²) in [5.41, 5.74) is 1.51. The molecular weight excluding hydrogens is 240 g/mol. The molecule has 1 aromatic rings. The molecule has 1 aromatic heterocycles. The van der Waals surface area contributed by atoms with Gasteiger partial charge < -0.3 is 14.7 Å². The van der Waals surface area contributed by atoms with E-state index in [0.29, 0.717) is 24.3 Å². The van der Waals surface area contributed by atoms with Gasteiger partial charge in [-0.05, 0) is 36.8 Å². The standard InChI is InChI=1S/C14H24N4O/c1-10-6-5-7-11(2)12(10)8-15-9-13-16-14(17-19-13)18(3)4/h6,11-12,15H,5,7-9H2,1-4H3/t11-,12-/m1/s1. The van der Waals surface area contributed by atoms with Crippen LogP contribution in [-0.4, -0.2) is 30.8 Å². The van der Waals surface area contributed by atoms with E-state index < -0.39 is 0 Å². The molecule has 2 rings (SSSR count). The van der Waals surface area contributed by atoms with E-state index in [1.807, 2.05) is 19.0 Å². The van der Waals surface area contributed by atoms with E-state index in [9.17, 15) is 0 Å². The molecule has 1 heterocycles. The molecule has 2 atom stereocenters. The maximum absolute atomic E-state index is 5.19. The van der Waals surface area contributed by atoms with Gasteiger partial charge in [-0.25, -0.2) is 0 Å². The van der Waals surface area contributed by atoms with Crippen LogP contribution >= 0.6 is 0 Å². The summed E-state index contributed by atoms with van der Waals surface area (Å²) in [7, 11) is 3.81. The van der Waals surface area contributed by atoms with Crippen molar-refractivity contribution in [3.05, 3.63) is 17.5 Å². The van der Waals surface area contributed by atoms with Gasteiger partial charge in [0.2, 0.25) is 5.89 Å². The van der Waals surface area contributed by atoms with Crippen LogP contribution < -0.4 is 10.2 Å². The Labute approximate surface area is 115 Å². The average Bonchev–Trinajstić information content (AvgIpc) is 2.82. The molecule has 5 nitrogen and oxygen atoms in total. The van der Waals surface area contributed by atoms with Crippen LogP contribution in [0.5, 0.6) is 0 Å². The van der Waals surface area contributed by atoms with Gasteiger partial charge in [0, 0.05) is 20.6 Å². The van der Waals surface area contributed by atoms with Gasteiger partial charge in [-0.3, -0.25) is 0 Å². The lowest BCUT2D eigenvalue weighted by atomic mass is 9.80. The van der Waals surface area contributed by atoms with E-state index in [1.165, 1.54) is 18.4 Å². The predicted molar refractivity (Wildman–Crippen MR) is 76.0 cm³/mol. The van der Waals surface area contributed by atoms with Crippen molar-refractivity contribution in [2.24, 2.45) is 11.8 Å². The Morgan fingerprint density at radius 3 is 2.89 bits per heavy atom. The molecule has 0 saturated carbocycles. The molecule has 0 unspecified atom stereocenters. The zero-order chi connectivity index (χ0) is 13.8. The number of nitrogens with zero attached hydrogens (tertiary/aromatic N) is 3. The first-order valence-corrected chi connectivity index (χ1v) is 6.95. The van der Waals surface area contributed by atoms with Crippen LogP contribution in [0.2, 0.25) is 0 Å². The zero-order valence-corrected chi connectivity index (χ0v) is 12.3. The second kappa shape index (κ2) is 6.19. The first-order valence-electron chi connectivity index (χ1n) is 6.95. The Morgan fingerprint density at radius 2 is 2.26 bits per heavy atom. The Kier molecular flexibility index (Phi) is 4.58. The number of hydrogen-bond acceptors (Lipinski definition) is 5. The number of aromatic nitrogens is 2. The molecule has 5 heteroatoms. The topological polar surface area (TPSA) is 54.2 Å². The van der Waals surface area contributed by atoms with Gasteiger partial charge in [0.1, 0.15) is 0 Å². The Bertz CT molecular complexity index is 438. The van der Waals surface area contributed by atoms with Crippen molar-refractivity contribution in [3.63, 3.8) is 0 Å². The number of rotatable bonds is 5. The van der Waals surface area contributed by atoms with E-state index in [4.69, 9.17) is 4.52 Å². The number of anilines is 1. The highest BCUT2D eigenvalue weighted by Gasteiger charge is 2.21. The van der Waals surface area contributed by atoms with Crippen LogP contribution in [0.15, 0.2) is 16.2 Å². The maximum Gasteiger partial charge on any atom is 0.265 e. The highest BCUT2D eigenvalue weighted by atomic mass is 16.5. The van der Waals surface area contributed by atoms with Gasteiger partial charge in [0.25, 0.3) is 5.95 Å². The first-order chi connectivity index (χ1) is 9.08. The fourth-order valence-electron chi connectivity index (χ4n) is 2.57. The lowest BCUT2D eigenvalue weighted by Crippen LogP contribution is -2.29. The van der Waals surface area contributed by atoms with E-state index in [0.717, 1.165) is 12.5 Å². The summed E-state index contributed by atoms with van der Waals surface area (Å²) < 4.78 is 5.19. The van der Waals surface area contributed by atoms with Crippen LogP contribution in [0.4, 0.5) is 5.95 Å². The highest BCUT2D eigenvalue weighted by molar-refractivity contribution is 5.23. The molecule has 0 bridgehead atoms. The quantitative estimate of drug-likeness (QED) is 0.826. The molecule has 19 heavy (non-hydrogen) atoms. The summed E-state index contributed by atoms with van der Waals surface area (Å²) in [6.07, 6.45) is 4.87. The molecule has 0 radical (unpaired) electrons. The van der Waals surface area contributed by atoms with Crippen LogP contribution in [-0.2, 0) is 6.54 Å². The van der Waals surface area contributed by atoms with E-state index in [-0.39, 0.29) is 0 Å². The first kappa shape index (κ1) is 14.1. The third kappa shape index (κ3) is 3.56. The molecule has 1 aliphatic carbocycles. The number of hydrogen-bond donors (Lipinski definition) is 1. The fourth-order valence-corrected chi connectivity index (χ4v) is 2.57. The normalized spacial score (nSPS) is 23.3.